The molecule has 0 radical (unpaired) electrons. The molecule has 0 saturated carbocycles. The molecule has 12 nitrogen and oxygen atoms in total. The van der Waals surface area contributed by atoms with Gasteiger partial charge in [0.25, 0.3) is 11.8 Å². The van der Waals surface area contributed by atoms with Crippen molar-refractivity contribution in [3.8, 4) is 16.8 Å². The number of halogens is 6. The Kier molecular flexibility index (Phi) is 19.0. The number of anilines is 5. The molecule has 0 unspecified atom stereocenters. The van der Waals surface area contributed by atoms with Crippen LogP contribution in [0.1, 0.15) is 95.7 Å². The lowest BCUT2D eigenvalue weighted by Gasteiger charge is -2.19. The van der Waals surface area contributed by atoms with Gasteiger partial charge in [0, 0.05) is 84.3 Å². The van der Waals surface area contributed by atoms with Crippen LogP contribution in [-0.2, 0) is 12.4 Å². The standard InChI is InChI=1S/C67H66F6N10O2/c1-42-35-57(81-58-37-51(66(68,69)70)53(74)39-59(58)80-49-18-10-8-11-19-49)44(3)34-55(42)76-30-14-4-6-16-32-78-64(84)47-26-22-45(23-27-47)46-24-28-48(29-25-46)65(85)79-33-17-7-5-15-31-77-56-41-63-60(36-43(56)2)82-61-38-52(67(71,72)73)54(75)40-62(61)83(63)50-20-12-9-13-21-50/h8-13,18-29,34-41,76,80H,3-7,14-17,30-33,74H2,1-2H3,(H4,75,77,78,79,84,85)/p+1/b81-57-. The van der Waals surface area contributed by atoms with Crippen LogP contribution in [0, 0.1) is 6.92 Å². The summed E-state index contributed by atoms with van der Waals surface area (Å²) in [6.45, 7) is 10.5. The summed E-state index contributed by atoms with van der Waals surface area (Å²) in [5, 5.41) is 16.2. The van der Waals surface area contributed by atoms with Crippen molar-refractivity contribution in [3.63, 3.8) is 0 Å². The second-order valence-corrected chi connectivity index (χ2v) is 21.1. The molecule has 1 aromatic heterocycles. The number of nitrogens with zero attached hydrogens (tertiary/aromatic N) is 3. The van der Waals surface area contributed by atoms with Crippen molar-refractivity contribution in [2.24, 2.45) is 4.99 Å². The minimum absolute atomic E-state index is 0.0798. The molecule has 0 atom stereocenters. The summed E-state index contributed by atoms with van der Waals surface area (Å²) >= 11 is 0. The van der Waals surface area contributed by atoms with Crippen molar-refractivity contribution in [2.75, 3.05) is 48.3 Å². The lowest BCUT2D eigenvalue weighted by Crippen LogP contribution is -2.33. The zero-order chi connectivity index (χ0) is 60.3. The SMILES string of the molecule is C=C1C=C(NCCCCCCNC(=O)c2ccc(-c3ccc(C(=O)NCCCCCCNc4cc5c(cc4C)nc4cc(C(F)(F)F)c(N)cc4[n+]5-c4ccccc4)cc3)cc2)C(C)=C/C1=N/c1cc(C(F)(F)F)c(N)cc1Nc1ccccc1. The molecule has 438 valence electrons. The molecular weight excluding hydrogens is 1090 g/mol. The number of carbonyl (C=O) groups is 2. The van der Waals surface area contributed by atoms with Crippen molar-refractivity contribution in [1.29, 1.82) is 0 Å². The molecule has 0 saturated heterocycles. The third-order valence-electron chi connectivity index (χ3n) is 14.7. The smallest absolute Gasteiger partial charge is 0.398 e. The fourth-order valence-electron chi connectivity index (χ4n) is 10.1. The number of benzene rings is 7. The van der Waals surface area contributed by atoms with E-state index in [1.54, 1.807) is 42.5 Å². The Labute approximate surface area is 489 Å². The van der Waals surface area contributed by atoms with Gasteiger partial charge in [0.1, 0.15) is 11.0 Å². The van der Waals surface area contributed by atoms with E-state index < -0.39 is 29.2 Å². The van der Waals surface area contributed by atoms with Crippen LogP contribution >= 0.6 is 0 Å². The summed E-state index contributed by atoms with van der Waals surface area (Å²) < 4.78 is 85.0. The zero-order valence-electron chi connectivity index (χ0n) is 47.3. The minimum atomic E-state index is -4.66. The maximum Gasteiger partial charge on any atom is 0.418 e. The molecule has 1 aliphatic carbocycles. The lowest BCUT2D eigenvalue weighted by atomic mass is 9.98. The van der Waals surface area contributed by atoms with E-state index in [1.807, 2.05) is 109 Å². The predicted molar refractivity (Wildman–Crippen MR) is 329 cm³/mol. The van der Waals surface area contributed by atoms with E-state index in [-0.39, 0.29) is 28.7 Å². The molecule has 0 fully saturated rings. The van der Waals surface area contributed by atoms with Gasteiger partial charge in [0.15, 0.2) is 0 Å². The number of amides is 2. The number of nitrogens with one attached hydrogen (secondary N) is 5. The van der Waals surface area contributed by atoms with Gasteiger partial charge in [-0.15, -0.1) is 4.57 Å². The highest BCUT2D eigenvalue weighted by Crippen LogP contribution is 2.42. The van der Waals surface area contributed by atoms with Gasteiger partial charge >= 0.3 is 12.4 Å². The maximum absolute atomic E-state index is 13.9. The number of nitrogen functional groups attached to an aromatic ring is 2. The van der Waals surface area contributed by atoms with E-state index in [0.717, 1.165) is 108 Å². The van der Waals surface area contributed by atoms with Crippen molar-refractivity contribution < 1.29 is 40.5 Å². The molecule has 9 N–H and O–H groups in total. The number of para-hydroxylation sites is 2. The number of fused-ring (bicyclic) bond motifs is 2. The molecule has 1 aliphatic rings. The zero-order valence-corrected chi connectivity index (χ0v) is 47.3. The quantitative estimate of drug-likeness (QED) is 0.0109. The number of allylic oxidation sites excluding steroid dienone is 4. The minimum Gasteiger partial charge on any atom is -0.398 e. The van der Waals surface area contributed by atoms with E-state index in [2.05, 4.69) is 43.1 Å². The summed E-state index contributed by atoms with van der Waals surface area (Å²) in [6, 6.07) is 41.6. The first kappa shape index (κ1) is 60.2. The van der Waals surface area contributed by atoms with Crippen LogP contribution in [0.15, 0.2) is 186 Å². The van der Waals surface area contributed by atoms with Gasteiger partial charge in [0.2, 0.25) is 16.7 Å². The van der Waals surface area contributed by atoms with E-state index in [1.165, 1.54) is 12.1 Å². The summed E-state index contributed by atoms with van der Waals surface area (Å²) in [7, 11) is 0. The van der Waals surface area contributed by atoms with Crippen molar-refractivity contribution >= 4 is 73.7 Å². The highest BCUT2D eigenvalue weighted by atomic mass is 19.4. The molecule has 8 aromatic rings. The van der Waals surface area contributed by atoms with Gasteiger partial charge in [0.05, 0.1) is 33.9 Å². The average Bonchev–Trinajstić information content (AvgIpc) is 1.08. The topological polar surface area (TPSA) is 175 Å². The van der Waals surface area contributed by atoms with Crippen LogP contribution in [0.5, 0.6) is 0 Å². The van der Waals surface area contributed by atoms with Gasteiger partial charge < -0.3 is 38.1 Å². The van der Waals surface area contributed by atoms with Crippen LogP contribution in [0.4, 0.5) is 60.5 Å². The average molecular weight is 1160 g/mol. The summed E-state index contributed by atoms with van der Waals surface area (Å²) in [6.07, 6.45) is 1.49. The first-order valence-corrected chi connectivity index (χ1v) is 28.3. The van der Waals surface area contributed by atoms with Gasteiger partial charge in [-0.3, -0.25) is 9.59 Å². The lowest BCUT2D eigenvalue weighted by molar-refractivity contribution is -0.538. The largest absolute Gasteiger partial charge is 0.418 e. The fraction of sp³-hybridized carbons (Fsp3) is 0.239. The van der Waals surface area contributed by atoms with E-state index in [0.29, 0.717) is 71.0 Å². The number of hydrogen-bond acceptors (Lipinski definition) is 9. The molecule has 1 heterocycles. The third kappa shape index (κ3) is 15.2. The Morgan fingerprint density at radius 1 is 0.565 bits per heavy atom. The van der Waals surface area contributed by atoms with Gasteiger partial charge in [-0.2, -0.15) is 26.3 Å². The molecule has 0 bridgehead atoms. The highest BCUT2D eigenvalue weighted by Gasteiger charge is 2.36. The summed E-state index contributed by atoms with van der Waals surface area (Å²) in [5.74, 6) is -0.304. The molecule has 85 heavy (non-hydrogen) atoms. The maximum atomic E-state index is 13.9. The fourth-order valence-corrected chi connectivity index (χ4v) is 10.1. The summed E-state index contributed by atoms with van der Waals surface area (Å²) in [4.78, 5) is 35.3. The van der Waals surface area contributed by atoms with Gasteiger partial charge in [-0.1, -0.05) is 92.9 Å². The Morgan fingerprint density at radius 2 is 1.07 bits per heavy atom. The first-order chi connectivity index (χ1) is 40.8. The van der Waals surface area contributed by atoms with E-state index >= 15 is 0 Å². The number of unbranched alkanes of at least 4 members (excludes halogenated alkanes) is 6. The molecule has 7 aromatic carbocycles. The van der Waals surface area contributed by atoms with Crippen LogP contribution < -0.4 is 42.6 Å². The van der Waals surface area contributed by atoms with Gasteiger partial charge in [-0.05, 0) is 140 Å². The number of nitrogens with two attached hydrogens (primary N) is 2. The normalized spacial score (nSPS) is 13.2. The van der Waals surface area contributed by atoms with Crippen molar-refractivity contribution in [3.05, 3.63) is 209 Å². The number of aliphatic imine (C=N–C) groups is 1. The monoisotopic (exact) mass is 1160 g/mol. The Hall–Kier alpha value is -9.45. The van der Waals surface area contributed by atoms with E-state index in [9.17, 15) is 35.9 Å². The second kappa shape index (κ2) is 26.9. The van der Waals surface area contributed by atoms with Gasteiger partial charge in [-0.25, -0.2) is 9.98 Å². The Morgan fingerprint density at radius 3 is 1.65 bits per heavy atom. The number of rotatable bonds is 23. The molecule has 18 heteroatoms. The number of aromatic nitrogens is 2. The van der Waals surface area contributed by atoms with Crippen LogP contribution in [0.3, 0.4) is 0 Å². The Balaban J connectivity index is 0.658. The molecule has 2 amide bonds. The number of carbonyl (C=O) groups excluding carboxylic acids is 2. The predicted octanol–water partition coefficient (Wildman–Crippen LogP) is 15.0. The molecule has 9 rings (SSSR count). The Bertz CT molecular complexity index is 3820. The molecule has 0 aliphatic heterocycles. The van der Waals surface area contributed by atoms with Crippen molar-refractivity contribution in [1.82, 2.24) is 20.9 Å². The number of hydrogen-bond donors (Lipinski definition) is 7. The number of aryl methyl sites for hydroxylation is 1. The summed E-state index contributed by atoms with van der Waals surface area (Å²) in [5.41, 5.74) is 20.4. The third-order valence-corrected chi connectivity index (χ3v) is 14.7. The number of alkyl halides is 6. The molecular formula is C67H67F6N10O2+. The van der Waals surface area contributed by atoms with Crippen LogP contribution in [0.25, 0.3) is 38.9 Å². The van der Waals surface area contributed by atoms with Crippen LogP contribution in [-0.4, -0.2) is 48.7 Å². The highest BCUT2D eigenvalue weighted by molar-refractivity contribution is 6.13. The second-order valence-electron chi connectivity index (χ2n) is 21.1. The van der Waals surface area contributed by atoms with Crippen molar-refractivity contribution in [2.45, 2.75) is 77.6 Å². The molecule has 0 spiro atoms. The van der Waals surface area contributed by atoms with E-state index in [4.69, 9.17) is 11.5 Å². The first-order valence-electron chi connectivity index (χ1n) is 28.3. The van der Waals surface area contributed by atoms with Crippen LogP contribution in [0.2, 0.25) is 0 Å².